The van der Waals surface area contributed by atoms with Gasteiger partial charge in [-0.2, -0.15) is 0 Å². The van der Waals surface area contributed by atoms with Gasteiger partial charge in [0.1, 0.15) is 0 Å². The third-order valence-electron chi connectivity index (χ3n) is 5.67. The number of benzene rings is 2. The fourth-order valence-corrected chi connectivity index (χ4v) is 4.61. The summed E-state index contributed by atoms with van der Waals surface area (Å²) in [4.78, 5) is 23.9. The van der Waals surface area contributed by atoms with E-state index in [4.69, 9.17) is 0 Å². The molecule has 0 saturated carbocycles. The summed E-state index contributed by atoms with van der Waals surface area (Å²) >= 11 is 0. The summed E-state index contributed by atoms with van der Waals surface area (Å²) in [6.45, 7) is 4.67. The number of rotatable bonds is 5. The molecule has 2 aromatic carbocycles. The van der Waals surface area contributed by atoms with E-state index in [0.717, 1.165) is 30.3 Å². The molecule has 31 heavy (non-hydrogen) atoms. The van der Waals surface area contributed by atoms with Crippen molar-refractivity contribution >= 4 is 38.5 Å². The molecule has 0 bridgehead atoms. The molecule has 1 aliphatic heterocycles. The number of sulfonamides is 1. The zero-order chi connectivity index (χ0) is 22.2. The fraction of sp³-hybridized carbons (Fsp3) is 0.318. The number of fused-ring (bicyclic) bond motifs is 1. The molecule has 1 amide bonds. The van der Waals surface area contributed by atoms with Gasteiger partial charge in [-0.15, -0.1) is 0 Å². The molecule has 1 fully saturated rings. The zero-order valence-electron chi connectivity index (χ0n) is 17.7. The van der Waals surface area contributed by atoms with E-state index in [1.165, 1.54) is 13.1 Å². The predicted molar refractivity (Wildman–Crippen MR) is 120 cm³/mol. The lowest BCUT2D eigenvalue weighted by atomic mass is 10.1. The molecule has 2 N–H and O–H groups in total. The number of carbonyl (C=O) groups excluding carboxylic acids is 1. The maximum Gasteiger partial charge on any atom is 0.254 e. The summed E-state index contributed by atoms with van der Waals surface area (Å²) in [7, 11) is -2.13. The average Bonchev–Trinajstić information content (AvgIpc) is 3.19. The standard InChI is InChI=1S/C22H25N5O3S/c1-14-11-18(31(29,30)23-3)8-9-19(14)25-22-24-13-17-7-6-16(12-20(17)26-22)21(28)27-10-4-5-15(27)2/h6-9,11-13,15,23H,4-5,10H2,1-3H3,(H,24,25,26)/t15-/m0/s1. The Kier molecular flexibility index (Phi) is 5.63. The average molecular weight is 440 g/mol. The molecule has 1 aromatic heterocycles. The highest BCUT2D eigenvalue weighted by atomic mass is 32.2. The topological polar surface area (TPSA) is 104 Å². The number of amides is 1. The third kappa shape index (κ3) is 4.24. The van der Waals surface area contributed by atoms with Crippen LogP contribution in [0.4, 0.5) is 11.6 Å². The number of hydrogen-bond acceptors (Lipinski definition) is 6. The number of likely N-dealkylation sites (tertiary alicyclic amines) is 1. The number of nitrogens with zero attached hydrogens (tertiary/aromatic N) is 3. The van der Waals surface area contributed by atoms with E-state index in [0.29, 0.717) is 22.7 Å². The summed E-state index contributed by atoms with van der Waals surface area (Å²) in [6, 6.07) is 10.5. The van der Waals surface area contributed by atoms with E-state index in [9.17, 15) is 13.2 Å². The SMILES string of the molecule is CNS(=O)(=O)c1ccc(Nc2ncc3ccc(C(=O)N4CCC[C@@H]4C)cc3n2)c(C)c1. The van der Waals surface area contributed by atoms with Crippen molar-refractivity contribution in [2.24, 2.45) is 0 Å². The lowest BCUT2D eigenvalue weighted by Crippen LogP contribution is -2.33. The second-order valence-electron chi connectivity index (χ2n) is 7.77. The smallest absolute Gasteiger partial charge is 0.254 e. The summed E-state index contributed by atoms with van der Waals surface area (Å²) < 4.78 is 26.3. The molecule has 0 spiro atoms. The highest BCUT2D eigenvalue weighted by Crippen LogP contribution is 2.24. The van der Waals surface area contributed by atoms with Gasteiger partial charge < -0.3 is 10.2 Å². The number of hydrogen-bond donors (Lipinski definition) is 2. The molecule has 2 heterocycles. The van der Waals surface area contributed by atoms with Crippen LogP contribution in [-0.2, 0) is 10.0 Å². The van der Waals surface area contributed by atoms with Gasteiger partial charge in [0.25, 0.3) is 5.91 Å². The molecule has 3 aromatic rings. The lowest BCUT2D eigenvalue weighted by molar-refractivity contribution is 0.0747. The van der Waals surface area contributed by atoms with Crippen LogP contribution in [0.1, 0.15) is 35.7 Å². The Hall–Kier alpha value is -3.04. The largest absolute Gasteiger partial charge is 0.336 e. The van der Waals surface area contributed by atoms with Crippen molar-refractivity contribution in [1.82, 2.24) is 19.6 Å². The van der Waals surface area contributed by atoms with Crippen molar-refractivity contribution in [3.63, 3.8) is 0 Å². The highest BCUT2D eigenvalue weighted by Gasteiger charge is 2.26. The first kappa shape index (κ1) is 21.2. The Morgan fingerprint density at radius 2 is 2.00 bits per heavy atom. The van der Waals surface area contributed by atoms with Crippen LogP contribution in [0.25, 0.3) is 10.9 Å². The van der Waals surface area contributed by atoms with Crippen LogP contribution in [0.3, 0.4) is 0 Å². The zero-order valence-corrected chi connectivity index (χ0v) is 18.5. The minimum absolute atomic E-state index is 0.0252. The van der Waals surface area contributed by atoms with E-state index in [-0.39, 0.29) is 16.8 Å². The van der Waals surface area contributed by atoms with Gasteiger partial charge in [-0.3, -0.25) is 4.79 Å². The quantitative estimate of drug-likeness (QED) is 0.633. The van der Waals surface area contributed by atoms with Crippen LogP contribution < -0.4 is 10.0 Å². The Balaban J connectivity index is 1.61. The number of carbonyl (C=O) groups is 1. The Morgan fingerprint density at radius 1 is 1.19 bits per heavy atom. The number of nitrogens with one attached hydrogen (secondary N) is 2. The molecule has 1 saturated heterocycles. The highest BCUT2D eigenvalue weighted by molar-refractivity contribution is 7.89. The maximum absolute atomic E-state index is 12.9. The minimum Gasteiger partial charge on any atom is -0.336 e. The summed E-state index contributed by atoms with van der Waals surface area (Å²) in [5.74, 6) is 0.399. The fourth-order valence-electron chi connectivity index (χ4n) is 3.80. The van der Waals surface area contributed by atoms with Crippen molar-refractivity contribution < 1.29 is 13.2 Å². The van der Waals surface area contributed by atoms with Crippen molar-refractivity contribution in [3.05, 3.63) is 53.7 Å². The normalized spacial score (nSPS) is 16.6. The molecule has 8 nitrogen and oxygen atoms in total. The van der Waals surface area contributed by atoms with Gasteiger partial charge in [-0.05, 0) is 69.6 Å². The molecule has 1 aliphatic rings. The van der Waals surface area contributed by atoms with Gasteiger partial charge >= 0.3 is 0 Å². The molecular weight excluding hydrogens is 414 g/mol. The minimum atomic E-state index is -3.51. The molecule has 9 heteroatoms. The van der Waals surface area contributed by atoms with E-state index in [2.05, 4.69) is 26.9 Å². The molecule has 1 atom stereocenters. The van der Waals surface area contributed by atoms with Gasteiger partial charge in [-0.1, -0.05) is 6.07 Å². The van der Waals surface area contributed by atoms with Crippen LogP contribution in [0, 0.1) is 6.92 Å². The summed E-state index contributed by atoms with van der Waals surface area (Å²) in [6.07, 6.45) is 3.76. The first-order valence-corrected chi connectivity index (χ1v) is 11.7. The first-order chi connectivity index (χ1) is 14.8. The van der Waals surface area contributed by atoms with E-state index < -0.39 is 10.0 Å². The van der Waals surface area contributed by atoms with E-state index in [1.54, 1.807) is 24.4 Å². The van der Waals surface area contributed by atoms with Gasteiger partial charge in [0.15, 0.2) is 0 Å². The molecular formula is C22H25N5O3S. The Morgan fingerprint density at radius 3 is 2.68 bits per heavy atom. The maximum atomic E-state index is 12.9. The van der Waals surface area contributed by atoms with Crippen LogP contribution in [-0.4, -0.2) is 48.8 Å². The van der Waals surface area contributed by atoms with Gasteiger partial charge in [-0.25, -0.2) is 23.1 Å². The second-order valence-corrected chi connectivity index (χ2v) is 9.65. The molecule has 162 valence electrons. The Bertz CT molecular complexity index is 1260. The van der Waals surface area contributed by atoms with Crippen molar-refractivity contribution in [1.29, 1.82) is 0 Å². The number of aryl methyl sites for hydroxylation is 1. The Labute approximate surface area is 181 Å². The number of aromatic nitrogens is 2. The van der Waals surface area contributed by atoms with Gasteiger partial charge in [0.2, 0.25) is 16.0 Å². The number of anilines is 2. The summed E-state index contributed by atoms with van der Waals surface area (Å²) in [5, 5.41) is 3.98. The first-order valence-electron chi connectivity index (χ1n) is 10.2. The van der Waals surface area contributed by atoms with Crippen molar-refractivity contribution in [2.45, 2.75) is 37.6 Å². The predicted octanol–water partition coefficient (Wildman–Crippen LogP) is 3.21. The molecule has 0 radical (unpaired) electrons. The molecule has 4 rings (SSSR count). The van der Waals surface area contributed by atoms with Crippen molar-refractivity contribution in [3.8, 4) is 0 Å². The molecule has 0 unspecified atom stereocenters. The van der Waals surface area contributed by atoms with Gasteiger partial charge in [0.05, 0.1) is 10.4 Å². The van der Waals surface area contributed by atoms with E-state index >= 15 is 0 Å². The van der Waals surface area contributed by atoms with Crippen LogP contribution in [0.2, 0.25) is 0 Å². The molecule has 0 aliphatic carbocycles. The van der Waals surface area contributed by atoms with Gasteiger partial charge in [0, 0.05) is 35.4 Å². The van der Waals surface area contributed by atoms with Crippen molar-refractivity contribution in [2.75, 3.05) is 18.9 Å². The van der Waals surface area contributed by atoms with Crippen LogP contribution in [0.5, 0.6) is 0 Å². The third-order valence-corrected chi connectivity index (χ3v) is 7.08. The lowest BCUT2D eigenvalue weighted by Gasteiger charge is -2.21. The second kappa shape index (κ2) is 8.24. The van der Waals surface area contributed by atoms with E-state index in [1.807, 2.05) is 24.0 Å². The monoisotopic (exact) mass is 439 g/mol. The summed E-state index contributed by atoms with van der Waals surface area (Å²) in [5.41, 5.74) is 2.73. The van der Waals surface area contributed by atoms with Crippen LogP contribution >= 0.6 is 0 Å². The van der Waals surface area contributed by atoms with Crippen LogP contribution in [0.15, 0.2) is 47.5 Å².